The Morgan fingerprint density at radius 3 is 2.05 bits per heavy atom. The third-order valence-corrected chi connectivity index (χ3v) is 3.34. The topological polar surface area (TPSA) is 132 Å². The predicted octanol–water partition coefficient (Wildman–Crippen LogP) is -3.66. The zero-order chi connectivity index (χ0) is 14.9. The molecule has 1 aliphatic heterocycles. The Labute approximate surface area is 141 Å². The molecular weight excluding hydrogens is 311 g/mol. The smallest absolute Gasteiger partial charge is 0.744 e. The number of barbiturate groups is 1. The molecule has 2 rings (SSSR count). The number of hydrogen-bond acceptors (Lipinski definition) is 6. The van der Waals surface area contributed by atoms with Gasteiger partial charge < -0.3 is 4.55 Å². The largest absolute Gasteiger partial charge is 1.00 e. The Balaban J connectivity index is 0.00000220. The van der Waals surface area contributed by atoms with Gasteiger partial charge in [-0.25, -0.2) is 13.2 Å². The average molecular weight is 318 g/mol. The average Bonchev–Trinajstić information content (AvgIpc) is 2.33. The maximum atomic E-state index is 11.5. The van der Waals surface area contributed by atoms with Crippen LogP contribution in [0.25, 0.3) is 6.08 Å². The molecule has 0 atom stereocenters. The quantitative estimate of drug-likeness (QED) is 0.250. The van der Waals surface area contributed by atoms with Gasteiger partial charge >= 0.3 is 35.6 Å². The van der Waals surface area contributed by atoms with E-state index in [9.17, 15) is 27.4 Å². The second-order valence-electron chi connectivity index (χ2n) is 3.79. The van der Waals surface area contributed by atoms with Crippen LogP contribution < -0.4 is 40.2 Å². The van der Waals surface area contributed by atoms with Crippen LogP contribution in [0.3, 0.4) is 0 Å². The van der Waals surface area contributed by atoms with E-state index in [1.807, 2.05) is 10.6 Å². The molecule has 21 heavy (non-hydrogen) atoms. The van der Waals surface area contributed by atoms with Gasteiger partial charge in [0.05, 0.1) is 4.90 Å². The first-order valence-corrected chi connectivity index (χ1v) is 6.63. The van der Waals surface area contributed by atoms with E-state index in [-0.39, 0.29) is 35.1 Å². The Morgan fingerprint density at radius 2 is 1.52 bits per heavy atom. The normalized spacial score (nSPS) is 14.9. The van der Waals surface area contributed by atoms with E-state index in [1.54, 1.807) is 0 Å². The number of hydrogen-bond donors (Lipinski definition) is 2. The zero-order valence-corrected chi connectivity index (χ0v) is 13.6. The molecule has 1 aliphatic rings. The van der Waals surface area contributed by atoms with Crippen molar-refractivity contribution in [3.63, 3.8) is 0 Å². The summed E-state index contributed by atoms with van der Waals surface area (Å²) in [5.41, 5.74) is -0.585. The maximum Gasteiger partial charge on any atom is 1.00 e. The molecule has 0 aromatic heterocycles. The molecule has 1 saturated heterocycles. The fraction of sp³-hybridized carbons (Fsp3) is 0. The van der Waals surface area contributed by atoms with E-state index in [2.05, 4.69) is 0 Å². The van der Waals surface area contributed by atoms with Gasteiger partial charge in [0.1, 0.15) is 15.7 Å². The molecule has 0 radical (unpaired) electrons. The van der Waals surface area contributed by atoms with Crippen LogP contribution >= 0.6 is 0 Å². The number of carbonyl (C=O) groups is 3. The zero-order valence-electron chi connectivity index (χ0n) is 10.7. The van der Waals surface area contributed by atoms with Crippen molar-refractivity contribution in [1.29, 1.82) is 0 Å². The van der Waals surface area contributed by atoms with Gasteiger partial charge in [-0.3, -0.25) is 20.2 Å². The number of benzene rings is 1. The standard InChI is InChI=1S/C11H8N2O6S.Na/c14-9-7(10(15)13-11(16)12-9)5-6-3-1-2-4-8(6)20(17,18)19;/h1-5H,(H,17,18,19)(H2,12,13,14,15,16);/q;+1/p-1. The number of urea groups is 1. The summed E-state index contributed by atoms with van der Waals surface area (Å²) in [5, 5.41) is 3.67. The van der Waals surface area contributed by atoms with Gasteiger partial charge in [-0.1, -0.05) is 18.2 Å². The number of imide groups is 2. The number of nitrogens with one attached hydrogen (secondary N) is 2. The van der Waals surface area contributed by atoms with Crippen LogP contribution in [0.4, 0.5) is 4.79 Å². The van der Waals surface area contributed by atoms with Crippen molar-refractivity contribution in [3.8, 4) is 0 Å². The van der Waals surface area contributed by atoms with E-state index >= 15 is 0 Å². The van der Waals surface area contributed by atoms with Crippen LogP contribution in [-0.2, 0) is 19.7 Å². The molecule has 1 fully saturated rings. The first kappa shape index (κ1) is 17.5. The van der Waals surface area contributed by atoms with Crippen molar-refractivity contribution in [2.45, 2.75) is 4.90 Å². The Hall–Kier alpha value is -1.52. The molecule has 10 heteroatoms. The Kier molecular flexibility index (Phi) is 5.42. The van der Waals surface area contributed by atoms with E-state index < -0.39 is 38.4 Å². The van der Waals surface area contributed by atoms with Crippen molar-refractivity contribution in [2.75, 3.05) is 0 Å². The summed E-state index contributed by atoms with van der Waals surface area (Å²) in [6, 6.07) is 4.11. The van der Waals surface area contributed by atoms with Crippen LogP contribution in [0, 0.1) is 0 Å². The minimum Gasteiger partial charge on any atom is -0.744 e. The molecule has 0 aliphatic carbocycles. The van der Waals surface area contributed by atoms with Gasteiger partial charge in [0.15, 0.2) is 0 Å². The molecule has 0 unspecified atom stereocenters. The summed E-state index contributed by atoms with van der Waals surface area (Å²) in [6.07, 6.45) is 0.932. The monoisotopic (exact) mass is 318 g/mol. The van der Waals surface area contributed by atoms with Gasteiger partial charge in [0, 0.05) is 0 Å². The van der Waals surface area contributed by atoms with Crippen LogP contribution in [0.1, 0.15) is 5.56 Å². The third kappa shape index (κ3) is 3.99. The second-order valence-corrected chi connectivity index (χ2v) is 5.14. The van der Waals surface area contributed by atoms with Gasteiger partial charge in [-0.2, -0.15) is 0 Å². The molecule has 0 spiro atoms. The fourth-order valence-corrected chi connectivity index (χ4v) is 2.25. The molecular formula is C11H7N2NaO6S. The molecule has 104 valence electrons. The van der Waals surface area contributed by atoms with Gasteiger partial charge in [-0.05, 0) is 17.7 Å². The first-order chi connectivity index (χ1) is 9.29. The van der Waals surface area contributed by atoms with Crippen LogP contribution in [0.2, 0.25) is 0 Å². The van der Waals surface area contributed by atoms with Crippen molar-refractivity contribution in [1.82, 2.24) is 10.6 Å². The van der Waals surface area contributed by atoms with E-state index in [4.69, 9.17) is 0 Å². The van der Waals surface area contributed by atoms with Crippen LogP contribution in [-0.4, -0.2) is 30.8 Å². The fourth-order valence-electron chi connectivity index (χ4n) is 1.59. The van der Waals surface area contributed by atoms with E-state index in [0.29, 0.717) is 0 Å². The molecule has 0 bridgehead atoms. The number of amides is 4. The Bertz CT molecular complexity index is 734. The summed E-state index contributed by atoms with van der Waals surface area (Å²) in [6.45, 7) is 0. The minimum absolute atomic E-state index is 0. The van der Waals surface area contributed by atoms with Crippen molar-refractivity contribution in [3.05, 3.63) is 35.4 Å². The predicted molar refractivity (Wildman–Crippen MR) is 64.1 cm³/mol. The van der Waals surface area contributed by atoms with Gasteiger partial charge in [0.2, 0.25) is 0 Å². The molecule has 1 heterocycles. The molecule has 2 N–H and O–H groups in total. The SMILES string of the molecule is O=C1NC(=O)C(=Cc2ccccc2S(=O)(=O)[O-])C(=O)N1.[Na+]. The van der Waals surface area contributed by atoms with Crippen molar-refractivity contribution < 1.29 is 56.9 Å². The minimum atomic E-state index is -4.75. The van der Waals surface area contributed by atoms with Gasteiger partial charge in [-0.15, -0.1) is 0 Å². The molecule has 8 nitrogen and oxygen atoms in total. The van der Waals surface area contributed by atoms with E-state index in [0.717, 1.165) is 12.1 Å². The summed E-state index contributed by atoms with van der Waals surface area (Å²) in [4.78, 5) is 33.3. The molecule has 1 aromatic rings. The molecule has 0 saturated carbocycles. The molecule has 4 amide bonds. The van der Waals surface area contributed by atoms with Gasteiger partial charge in [0.25, 0.3) is 11.8 Å². The van der Waals surface area contributed by atoms with Crippen molar-refractivity contribution in [2.24, 2.45) is 0 Å². The Morgan fingerprint density at radius 1 is 1.00 bits per heavy atom. The summed E-state index contributed by atoms with van der Waals surface area (Å²) in [7, 11) is -4.75. The van der Waals surface area contributed by atoms with Crippen LogP contribution in [0.15, 0.2) is 34.7 Å². The summed E-state index contributed by atoms with van der Waals surface area (Å²) >= 11 is 0. The second kappa shape index (κ2) is 6.50. The maximum absolute atomic E-state index is 11.5. The first-order valence-electron chi connectivity index (χ1n) is 5.22. The van der Waals surface area contributed by atoms with Crippen LogP contribution in [0.5, 0.6) is 0 Å². The number of rotatable bonds is 2. The van der Waals surface area contributed by atoms with E-state index in [1.165, 1.54) is 18.2 Å². The third-order valence-electron chi connectivity index (χ3n) is 2.43. The number of carbonyl (C=O) groups excluding carboxylic acids is 3. The van der Waals surface area contributed by atoms with Crippen molar-refractivity contribution >= 4 is 34.0 Å². The summed E-state index contributed by atoms with van der Waals surface area (Å²) in [5.74, 6) is -1.95. The molecule has 1 aromatic carbocycles. The summed E-state index contributed by atoms with van der Waals surface area (Å²) < 4.78 is 33.2.